The van der Waals surface area contributed by atoms with E-state index in [0.717, 1.165) is 50.4 Å². The van der Waals surface area contributed by atoms with Crippen LogP contribution in [-0.2, 0) is 11.2 Å². The number of unbranched alkanes of at least 4 members (excludes halogenated alkanes) is 2. The number of carbonyl (C=O) groups is 2. The van der Waals surface area contributed by atoms with Crippen molar-refractivity contribution < 1.29 is 19.1 Å². The Morgan fingerprint density at radius 2 is 1.47 bits per heavy atom. The van der Waals surface area contributed by atoms with E-state index in [1.807, 2.05) is 24.3 Å². The van der Waals surface area contributed by atoms with Crippen molar-refractivity contribution in [3.05, 3.63) is 59.7 Å². The fraction of sp³-hybridized carbons (Fsp3) is 0.562. The Bertz CT molecular complexity index is 924. The first-order valence-electron chi connectivity index (χ1n) is 14.1. The molecule has 1 aliphatic rings. The van der Waals surface area contributed by atoms with Crippen molar-refractivity contribution in [2.24, 2.45) is 17.8 Å². The minimum Gasteiger partial charge on any atom is -0.426 e. The number of ether oxygens (including phenoxy) is 2. The number of hydrogen-bond donors (Lipinski definition) is 0. The number of rotatable bonds is 13. The van der Waals surface area contributed by atoms with Crippen LogP contribution in [0, 0.1) is 17.8 Å². The third-order valence-electron chi connectivity index (χ3n) is 7.70. The van der Waals surface area contributed by atoms with Gasteiger partial charge in [-0.1, -0.05) is 71.4 Å². The second-order valence-corrected chi connectivity index (χ2v) is 10.6. The molecule has 0 radical (unpaired) electrons. The molecule has 2 aromatic rings. The predicted octanol–water partition coefficient (Wildman–Crippen LogP) is 8.57. The molecule has 0 heterocycles. The van der Waals surface area contributed by atoms with E-state index in [1.165, 1.54) is 44.1 Å². The van der Waals surface area contributed by atoms with Crippen LogP contribution in [0.4, 0.5) is 0 Å². The van der Waals surface area contributed by atoms with Gasteiger partial charge in [-0.2, -0.15) is 0 Å². The van der Waals surface area contributed by atoms with Crippen molar-refractivity contribution in [1.29, 1.82) is 0 Å². The normalized spacial score (nSPS) is 18.4. The third-order valence-corrected chi connectivity index (χ3v) is 7.70. The molecule has 1 atom stereocenters. The molecule has 2 aromatic carbocycles. The van der Waals surface area contributed by atoms with Gasteiger partial charge in [-0.25, -0.2) is 4.79 Å². The second kappa shape index (κ2) is 14.8. The van der Waals surface area contributed by atoms with Gasteiger partial charge in [0, 0.05) is 0 Å². The van der Waals surface area contributed by atoms with Crippen molar-refractivity contribution in [1.82, 2.24) is 0 Å². The molecule has 0 N–H and O–H groups in total. The van der Waals surface area contributed by atoms with Gasteiger partial charge in [0.15, 0.2) is 0 Å². The zero-order valence-electron chi connectivity index (χ0n) is 22.5. The van der Waals surface area contributed by atoms with E-state index in [1.54, 1.807) is 24.3 Å². The molecular formula is C32H44O4. The molecule has 1 aliphatic carbocycles. The molecule has 4 nitrogen and oxygen atoms in total. The van der Waals surface area contributed by atoms with Crippen LogP contribution in [0.15, 0.2) is 48.5 Å². The van der Waals surface area contributed by atoms with Gasteiger partial charge < -0.3 is 9.47 Å². The van der Waals surface area contributed by atoms with Gasteiger partial charge in [-0.3, -0.25) is 4.79 Å². The fourth-order valence-corrected chi connectivity index (χ4v) is 4.98. The molecular weight excluding hydrogens is 448 g/mol. The molecule has 4 heteroatoms. The summed E-state index contributed by atoms with van der Waals surface area (Å²) in [6.07, 6.45) is 13.9. The molecule has 0 aromatic heterocycles. The minimum absolute atomic E-state index is 0.0112. The molecule has 0 spiro atoms. The summed E-state index contributed by atoms with van der Waals surface area (Å²) in [4.78, 5) is 25.2. The Balaban J connectivity index is 1.42. The van der Waals surface area contributed by atoms with Crippen LogP contribution in [0.2, 0.25) is 0 Å². The molecule has 0 amide bonds. The van der Waals surface area contributed by atoms with Crippen LogP contribution in [0.3, 0.4) is 0 Å². The zero-order chi connectivity index (χ0) is 25.8. The lowest BCUT2D eigenvalue weighted by atomic mass is 9.80. The number of aryl methyl sites for hydroxylation is 1. The number of esters is 2. The van der Waals surface area contributed by atoms with Crippen molar-refractivity contribution in [3.63, 3.8) is 0 Å². The Morgan fingerprint density at radius 1 is 0.833 bits per heavy atom. The average Bonchev–Trinajstić information content (AvgIpc) is 2.90. The van der Waals surface area contributed by atoms with E-state index in [4.69, 9.17) is 9.47 Å². The topological polar surface area (TPSA) is 52.6 Å². The first-order valence-corrected chi connectivity index (χ1v) is 14.1. The smallest absolute Gasteiger partial charge is 0.343 e. The van der Waals surface area contributed by atoms with E-state index in [0.29, 0.717) is 17.1 Å². The Morgan fingerprint density at radius 3 is 2.08 bits per heavy atom. The summed E-state index contributed by atoms with van der Waals surface area (Å²) >= 11 is 0. The number of hydrogen-bond acceptors (Lipinski definition) is 4. The highest BCUT2D eigenvalue weighted by Gasteiger charge is 2.27. The quantitative estimate of drug-likeness (QED) is 0.160. The first-order chi connectivity index (χ1) is 17.5. The van der Waals surface area contributed by atoms with Gasteiger partial charge in [0.2, 0.25) is 0 Å². The molecule has 0 saturated heterocycles. The SMILES string of the molecule is CCCCCC1CCC(C(=O)Oc2ccc(OC(=O)c3ccc(CCC[C@@H](C)CC)cc3)cc2)CC1. The lowest BCUT2D eigenvalue weighted by molar-refractivity contribution is -0.140. The van der Waals surface area contributed by atoms with Crippen molar-refractivity contribution in [2.45, 2.75) is 97.8 Å². The summed E-state index contributed by atoms with van der Waals surface area (Å²) < 4.78 is 11.1. The molecule has 0 unspecified atom stereocenters. The summed E-state index contributed by atoms with van der Waals surface area (Å²) in [5, 5.41) is 0. The summed E-state index contributed by atoms with van der Waals surface area (Å²) in [5.41, 5.74) is 1.77. The second-order valence-electron chi connectivity index (χ2n) is 10.6. The largest absolute Gasteiger partial charge is 0.426 e. The maximum Gasteiger partial charge on any atom is 0.343 e. The summed E-state index contributed by atoms with van der Waals surface area (Å²) in [5.74, 6) is 1.91. The first kappa shape index (κ1) is 28.0. The molecule has 196 valence electrons. The van der Waals surface area contributed by atoms with Crippen LogP contribution in [0.5, 0.6) is 11.5 Å². The molecule has 1 fully saturated rings. The molecule has 36 heavy (non-hydrogen) atoms. The Labute approximate surface area is 217 Å². The van der Waals surface area contributed by atoms with Crippen molar-refractivity contribution >= 4 is 11.9 Å². The van der Waals surface area contributed by atoms with E-state index in [9.17, 15) is 9.59 Å². The highest BCUT2D eigenvalue weighted by atomic mass is 16.5. The third kappa shape index (κ3) is 9.11. The standard InChI is InChI=1S/C32H44O4/c1-4-6-7-10-25-12-16-27(17-13-25)31(33)35-29-20-22-30(23-21-29)36-32(34)28-18-14-26(15-19-28)11-8-9-24(3)5-2/h14-15,18-25,27H,4-13,16-17H2,1-3H3/t24-,25?,27?/m0/s1. The highest BCUT2D eigenvalue weighted by molar-refractivity contribution is 5.91. The molecule has 1 saturated carbocycles. The monoisotopic (exact) mass is 492 g/mol. The van der Waals surface area contributed by atoms with Crippen molar-refractivity contribution in [3.8, 4) is 11.5 Å². The van der Waals surface area contributed by atoms with Gasteiger partial charge in [0.25, 0.3) is 0 Å². The molecule has 0 bridgehead atoms. The van der Waals surface area contributed by atoms with Gasteiger partial charge >= 0.3 is 11.9 Å². The van der Waals surface area contributed by atoms with E-state index in [-0.39, 0.29) is 17.9 Å². The maximum absolute atomic E-state index is 12.6. The van der Waals surface area contributed by atoms with Crippen LogP contribution in [0.25, 0.3) is 0 Å². The Kier molecular flexibility index (Phi) is 11.5. The van der Waals surface area contributed by atoms with E-state index >= 15 is 0 Å². The number of carbonyl (C=O) groups excluding carboxylic acids is 2. The molecule has 3 rings (SSSR count). The lowest BCUT2D eigenvalue weighted by Gasteiger charge is -2.27. The van der Waals surface area contributed by atoms with Gasteiger partial charge in [0.1, 0.15) is 11.5 Å². The summed E-state index contributed by atoms with van der Waals surface area (Å²) in [6.45, 7) is 6.75. The predicted molar refractivity (Wildman–Crippen MR) is 145 cm³/mol. The van der Waals surface area contributed by atoms with Gasteiger partial charge in [-0.15, -0.1) is 0 Å². The van der Waals surface area contributed by atoms with Crippen LogP contribution in [-0.4, -0.2) is 11.9 Å². The fourth-order valence-electron chi connectivity index (χ4n) is 4.98. The summed E-state index contributed by atoms with van der Waals surface area (Å²) in [7, 11) is 0. The minimum atomic E-state index is -0.387. The van der Waals surface area contributed by atoms with Crippen LogP contribution in [0.1, 0.15) is 107 Å². The molecule has 0 aliphatic heterocycles. The summed E-state index contributed by atoms with van der Waals surface area (Å²) in [6, 6.07) is 14.4. The zero-order valence-corrected chi connectivity index (χ0v) is 22.5. The highest BCUT2D eigenvalue weighted by Crippen LogP contribution is 2.33. The Hall–Kier alpha value is -2.62. The maximum atomic E-state index is 12.6. The van der Waals surface area contributed by atoms with Crippen LogP contribution < -0.4 is 9.47 Å². The van der Waals surface area contributed by atoms with Gasteiger partial charge in [0.05, 0.1) is 11.5 Å². The van der Waals surface area contributed by atoms with Crippen molar-refractivity contribution in [2.75, 3.05) is 0 Å². The lowest BCUT2D eigenvalue weighted by Crippen LogP contribution is -2.25. The van der Waals surface area contributed by atoms with E-state index in [2.05, 4.69) is 20.8 Å². The average molecular weight is 493 g/mol. The number of benzene rings is 2. The van der Waals surface area contributed by atoms with Gasteiger partial charge in [-0.05, 0) is 92.3 Å². The van der Waals surface area contributed by atoms with E-state index < -0.39 is 0 Å². The van der Waals surface area contributed by atoms with Crippen LogP contribution >= 0.6 is 0 Å².